The molecule has 20 heavy (non-hydrogen) atoms. The first kappa shape index (κ1) is 15.4. The molecule has 6 heteroatoms. The average Bonchev–Trinajstić information content (AvgIpc) is 2.88. The maximum atomic E-state index is 13.7. The van der Waals surface area contributed by atoms with Crippen LogP contribution in [-0.2, 0) is 9.84 Å². The van der Waals surface area contributed by atoms with Gasteiger partial charge in [0.2, 0.25) is 0 Å². The number of halogens is 2. The van der Waals surface area contributed by atoms with E-state index in [2.05, 4.69) is 5.32 Å². The lowest BCUT2D eigenvalue weighted by atomic mass is 10.2. The molecule has 1 aromatic carbocycles. The van der Waals surface area contributed by atoms with Gasteiger partial charge in [0.25, 0.3) is 0 Å². The molecular formula is C14H19F2NO2S. The standard InChI is InChI=1S/C14H19F2NO2S/c1-2-8-17-12-4-3-5-13(12)20(18,19)14-9-10(15)6-7-11(14)16/h6-7,9,12-13,17H,2-5,8H2,1H3. The number of hydrogen-bond donors (Lipinski definition) is 1. The zero-order chi connectivity index (χ0) is 14.8. The van der Waals surface area contributed by atoms with Gasteiger partial charge < -0.3 is 5.32 Å². The van der Waals surface area contributed by atoms with E-state index < -0.39 is 31.6 Å². The Bertz CT molecular complexity index is 575. The summed E-state index contributed by atoms with van der Waals surface area (Å²) in [5.41, 5.74) is 0. The molecular weight excluding hydrogens is 284 g/mol. The van der Waals surface area contributed by atoms with E-state index >= 15 is 0 Å². The molecule has 1 N–H and O–H groups in total. The molecule has 0 aliphatic heterocycles. The second kappa shape index (κ2) is 6.18. The van der Waals surface area contributed by atoms with Gasteiger partial charge in [-0.1, -0.05) is 13.3 Å². The molecule has 0 heterocycles. The zero-order valence-corrected chi connectivity index (χ0v) is 12.2. The fraction of sp³-hybridized carbons (Fsp3) is 0.571. The lowest BCUT2D eigenvalue weighted by Gasteiger charge is -2.21. The SMILES string of the molecule is CCCNC1CCCC1S(=O)(=O)c1cc(F)ccc1F. The van der Waals surface area contributed by atoms with Crippen LogP contribution in [0.5, 0.6) is 0 Å². The maximum absolute atomic E-state index is 13.7. The smallest absolute Gasteiger partial charge is 0.185 e. The van der Waals surface area contributed by atoms with Gasteiger partial charge in [0, 0.05) is 6.04 Å². The van der Waals surface area contributed by atoms with Crippen molar-refractivity contribution < 1.29 is 17.2 Å². The summed E-state index contributed by atoms with van der Waals surface area (Å²) in [4.78, 5) is -0.521. The van der Waals surface area contributed by atoms with Crippen molar-refractivity contribution in [3.05, 3.63) is 29.8 Å². The van der Waals surface area contributed by atoms with E-state index in [4.69, 9.17) is 0 Å². The molecule has 2 rings (SSSR count). The summed E-state index contributed by atoms with van der Waals surface area (Å²) in [6, 6.07) is 2.39. The van der Waals surface area contributed by atoms with E-state index in [9.17, 15) is 17.2 Å². The van der Waals surface area contributed by atoms with Crippen LogP contribution in [0.4, 0.5) is 8.78 Å². The van der Waals surface area contributed by atoms with E-state index in [0.29, 0.717) is 6.42 Å². The van der Waals surface area contributed by atoms with Crippen LogP contribution >= 0.6 is 0 Å². The van der Waals surface area contributed by atoms with Gasteiger partial charge in [-0.05, 0) is 44.0 Å². The number of nitrogens with one attached hydrogen (secondary N) is 1. The van der Waals surface area contributed by atoms with Gasteiger partial charge in [-0.3, -0.25) is 0 Å². The van der Waals surface area contributed by atoms with Crippen LogP contribution in [0.2, 0.25) is 0 Å². The van der Waals surface area contributed by atoms with Gasteiger partial charge in [0.05, 0.1) is 5.25 Å². The minimum Gasteiger partial charge on any atom is -0.313 e. The summed E-state index contributed by atoms with van der Waals surface area (Å²) in [5.74, 6) is -1.62. The van der Waals surface area contributed by atoms with E-state index in [1.54, 1.807) is 0 Å². The van der Waals surface area contributed by atoms with Crippen LogP contribution in [0, 0.1) is 11.6 Å². The molecule has 0 bridgehead atoms. The van der Waals surface area contributed by atoms with E-state index in [0.717, 1.165) is 44.0 Å². The Morgan fingerprint density at radius 3 is 2.75 bits per heavy atom. The number of rotatable bonds is 5. The minimum atomic E-state index is -3.85. The highest BCUT2D eigenvalue weighted by molar-refractivity contribution is 7.92. The van der Waals surface area contributed by atoms with Crippen LogP contribution in [0.25, 0.3) is 0 Å². The van der Waals surface area contributed by atoms with Crippen molar-refractivity contribution in [2.75, 3.05) is 6.54 Å². The zero-order valence-electron chi connectivity index (χ0n) is 11.4. The average molecular weight is 303 g/mol. The fourth-order valence-corrected chi connectivity index (χ4v) is 4.80. The van der Waals surface area contributed by atoms with Gasteiger partial charge in [0.1, 0.15) is 16.5 Å². The summed E-state index contributed by atoms with van der Waals surface area (Å²) in [5, 5.41) is 2.52. The lowest BCUT2D eigenvalue weighted by molar-refractivity contribution is 0.498. The molecule has 0 saturated heterocycles. The quantitative estimate of drug-likeness (QED) is 0.909. The van der Waals surface area contributed by atoms with Crippen LogP contribution in [0.3, 0.4) is 0 Å². The van der Waals surface area contributed by atoms with Crippen molar-refractivity contribution in [3.8, 4) is 0 Å². The van der Waals surface area contributed by atoms with Crippen molar-refractivity contribution >= 4 is 9.84 Å². The molecule has 3 nitrogen and oxygen atoms in total. The highest BCUT2D eigenvalue weighted by atomic mass is 32.2. The van der Waals surface area contributed by atoms with E-state index in [1.165, 1.54) is 0 Å². The number of sulfone groups is 1. The van der Waals surface area contributed by atoms with Crippen molar-refractivity contribution in [1.29, 1.82) is 0 Å². The van der Waals surface area contributed by atoms with Crippen LogP contribution in [-0.4, -0.2) is 26.3 Å². The van der Waals surface area contributed by atoms with Crippen molar-refractivity contribution in [2.24, 2.45) is 0 Å². The molecule has 0 radical (unpaired) electrons. The molecule has 1 aliphatic rings. The van der Waals surface area contributed by atoms with Gasteiger partial charge in [-0.2, -0.15) is 0 Å². The largest absolute Gasteiger partial charge is 0.313 e. The molecule has 1 fully saturated rings. The predicted molar refractivity (Wildman–Crippen MR) is 73.3 cm³/mol. The highest BCUT2D eigenvalue weighted by Gasteiger charge is 2.39. The van der Waals surface area contributed by atoms with E-state index in [1.807, 2.05) is 6.92 Å². The number of hydrogen-bond acceptors (Lipinski definition) is 3. The lowest BCUT2D eigenvalue weighted by Crippen LogP contribution is -2.40. The van der Waals surface area contributed by atoms with Gasteiger partial charge >= 0.3 is 0 Å². The Kier molecular flexibility index (Phi) is 4.75. The molecule has 1 saturated carbocycles. The van der Waals surface area contributed by atoms with Crippen molar-refractivity contribution in [2.45, 2.75) is 48.8 Å². The monoisotopic (exact) mass is 303 g/mol. The molecule has 1 aliphatic carbocycles. The highest BCUT2D eigenvalue weighted by Crippen LogP contribution is 2.31. The Balaban J connectivity index is 2.31. The minimum absolute atomic E-state index is 0.178. The first-order chi connectivity index (χ1) is 9.46. The topological polar surface area (TPSA) is 46.2 Å². The van der Waals surface area contributed by atoms with Crippen LogP contribution in [0.1, 0.15) is 32.6 Å². The summed E-state index contributed by atoms with van der Waals surface area (Å²) in [6.07, 6.45) is 2.92. The summed E-state index contributed by atoms with van der Waals surface area (Å²) in [6.45, 7) is 2.72. The summed E-state index contributed by atoms with van der Waals surface area (Å²) in [7, 11) is -3.85. The van der Waals surface area contributed by atoms with E-state index in [-0.39, 0.29) is 6.04 Å². The molecule has 2 atom stereocenters. The van der Waals surface area contributed by atoms with Gasteiger partial charge in [0.15, 0.2) is 9.84 Å². The Labute approximate surface area is 118 Å². The molecule has 2 unspecified atom stereocenters. The first-order valence-electron chi connectivity index (χ1n) is 6.89. The molecule has 1 aromatic rings. The van der Waals surface area contributed by atoms with Gasteiger partial charge in [-0.15, -0.1) is 0 Å². The van der Waals surface area contributed by atoms with Gasteiger partial charge in [-0.25, -0.2) is 17.2 Å². The first-order valence-corrected chi connectivity index (χ1v) is 8.43. The summed E-state index contributed by atoms with van der Waals surface area (Å²) < 4.78 is 52.0. The fourth-order valence-electron chi connectivity index (χ4n) is 2.72. The number of benzene rings is 1. The predicted octanol–water partition coefficient (Wildman–Crippen LogP) is 2.66. The third-order valence-electron chi connectivity index (χ3n) is 3.71. The third-order valence-corrected chi connectivity index (χ3v) is 5.99. The van der Waals surface area contributed by atoms with Crippen molar-refractivity contribution in [3.63, 3.8) is 0 Å². The molecule has 0 amide bonds. The van der Waals surface area contributed by atoms with Crippen molar-refractivity contribution in [1.82, 2.24) is 5.32 Å². The Morgan fingerprint density at radius 2 is 2.05 bits per heavy atom. The maximum Gasteiger partial charge on any atom is 0.185 e. The summed E-state index contributed by atoms with van der Waals surface area (Å²) >= 11 is 0. The molecule has 0 aromatic heterocycles. The molecule has 112 valence electrons. The van der Waals surface area contributed by atoms with Crippen LogP contribution < -0.4 is 5.32 Å². The Morgan fingerprint density at radius 1 is 1.30 bits per heavy atom. The van der Waals surface area contributed by atoms with Crippen LogP contribution in [0.15, 0.2) is 23.1 Å². The Hall–Kier alpha value is -1.01. The second-order valence-corrected chi connectivity index (χ2v) is 7.29. The normalized spacial score (nSPS) is 23.1. The second-order valence-electron chi connectivity index (χ2n) is 5.15. The third kappa shape index (κ3) is 3.01. The molecule has 0 spiro atoms.